The molecular weight excluding hydrogens is 344 g/mol. The van der Waals surface area contributed by atoms with Crippen molar-refractivity contribution in [1.82, 2.24) is 10.3 Å². The number of nitrogens with zero attached hydrogens (tertiary/aromatic N) is 1. The minimum absolute atomic E-state index is 0.442. The van der Waals surface area contributed by atoms with Gasteiger partial charge in [-0.1, -0.05) is 25.1 Å². The Morgan fingerprint density at radius 1 is 1.19 bits per heavy atom. The number of halogens is 1. The summed E-state index contributed by atoms with van der Waals surface area (Å²) in [6.07, 6.45) is 3.99. The second-order valence-electron chi connectivity index (χ2n) is 4.92. The normalized spacial score (nSPS) is 12.3. The lowest BCUT2D eigenvalue weighted by atomic mass is 10.1. The first-order valence-electron chi connectivity index (χ1n) is 7.30. The van der Waals surface area contributed by atoms with Crippen LogP contribution in [0.1, 0.15) is 19.0 Å². The first kappa shape index (κ1) is 16.5. The minimum Gasteiger partial charge on any atom is -0.313 e. The molecule has 0 saturated carbocycles. The molecule has 2 aromatic rings. The van der Waals surface area contributed by atoms with Gasteiger partial charge < -0.3 is 5.32 Å². The SMILES string of the molecule is CCCNC(CSc1ccccc1Br)Cc1ccccn1. The van der Waals surface area contributed by atoms with Crippen molar-refractivity contribution in [2.45, 2.75) is 30.7 Å². The van der Waals surface area contributed by atoms with Gasteiger partial charge in [-0.15, -0.1) is 11.8 Å². The van der Waals surface area contributed by atoms with E-state index in [4.69, 9.17) is 0 Å². The molecular formula is C17H21BrN2S. The molecule has 4 heteroatoms. The largest absolute Gasteiger partial charge is 0.313 e. The Labute approximate surface area is 139 Å². The molecule has 1 unspecified atom stereocenters. The van der Waals surface area contributed by atoms with E-state index in [-0.39, 0.29) is 0 Å². The van der Waals surface area contributed by atoms with Crippen LogP contribution in [0.25, 0.3) is 0 Å². The first-order valence-corrected chi connectivity index (χ1v) is 9.08. The minimum atomic E-state index is 0.442. The molecule has 0 amide bonds. The Bertz CT molecular complexity index is 533. The molecule has 0 radical (unpaired) electrons. The van der Waals surface area contributed by atoms with Crippen molar-refractivity contribution < 1.29 is 0 Å². The maximum absolute atomic E-state index is 4.44. The van der Waals surface area contributed by atoms with E-state index in [1.165, 1.54) is 9.37 Å². The number of aromatic nitrogens is 1. The molecule has 0 aliphatic rings. The van der Waals surface area contributed by atoms with Crippen LogP contribution in [-0.2, 0) is 6.42 Å². The summed E-state index contributed by atoms with van der Waals surface area (Å²) in [7, 11) is 0. The number of hydrogen-bond acceptors (Lipinski definition) is 3. The highest BCUT2D eigenvalue weighted by atomic mass is 79.9. The average Bonchev–Trinajstić information content (AvgIpc) is 2.52. The summed E-state index contributed by atoms with van der Waals surface area (Å²) >= 11 is 5.50. The highest BCUT2D eigenvalue weighted by molar-refractivity contribution is 9.10. The van der Waals surface area contributed by atoms with Crippen LogP contribution in [0.3, 0.4) is 0 Å². The molecule has 2 rings (SSSR count). The highest BCUT2D eigenvalue weighted by Crippen LogP contribution is 2.27. The maximum atomic E-state index is 4.44. The van der Waals surface area contributed by atoms with E-state index in [0.29, 0.717) is 6.04 Å². The molecule has 2 nitrogen and oxygen atoms in total. The molecule has 1 atom stereocenters. The van der Waals surface area contributed by atoms with Crippen molar-refractivity contribution in [1.29, 1.82) is 0 Å². The van der Waals surface area contributed by atoms with Crippen molar-refractivity contribution in [2.24, 2.45) is 0 Å². The summed E-state index contributed by atoms with van der Waals surface area (Å²) in [6.45, 7) is 3.25. The molecule has 0 bridgehead atoms. The zero-order valence-corrected chi connectivity index (χ0v) is 14.7. The van der Waals surface area contributed by atoms with Gasteiger partial charge in [0.25, 0.3) is 0 Å². The molecule has 1 N–H and O–H groups in total. The van der Waals surface area contributed by atoms with Gasteiger partial charge in [-0.25, -0.2) is 0 Å². The molecule has 0 fully saturated rings. The summed E-state index contributed by atoms with van der Waals surface area (Å²) in [6, 6.07) is 15.0. The predicted molar refractivity (Wildman–Crippen MR) is 94.9 cm³/mol. The second kappa shape index (κ2) is 9.23. The molecule has 1 aromatic heterocycles. The highest BCUT2D eigenvalue weighted by Gasteiger charge is 2.11. The van der Waals surface area contributed by atoms with Crippen molar-refractivity contribution in [3.8, 4) is 0 Å². The van der Waals surface area contributed by atoms with Crippen LogP contribution in [0.2, 0.25) is 0 Å². The summed E-state index contributed by atoms with van der Waals surface area (Å²) < 4.78 is 1.17. The molecule has 1 heterocycles. The smallest absolute Gasteiger partial charge is 0.0419 e. The van der Waals surface area contributed by atoms with Gasteiger partial charge in [-0.3, -0.25) is 4.98 Å². The van der Waals surface area contributed by atoms with Gasteiger partial charge in [-0.2, -0.15) is 0 Å². The third-order valence-electron chi connectivity index (χ3n) is 3.14. The van der Waals surface area contributed by atoms with E-state index >= 15 is 0 Å². The Kier molecular flexibility index (Phi) is 7.27. The Morgan fingerprint density at radius 3 is 2.71 bits per heavy atom. The van der Waals surface area contributed by atoms with E-state index in [0.717, 1.165) is 30.8 Å². The van der Waals surface area contributed by atoms with E-state index in [1.807, 2.05) is 24.0 Å². The maximum Gasteiger partial charge on any atom is 0.0419 e. The summed E-state index contributed by atoms with van der Waals surface area (Å²) in [5, 5.41) is 3.63. The zero-order chi connectivity index (χ0) is 14.9. The van der Waals surface area contributed by atoms with Gasteiger partial charge >= 0.3 is 0 Å². The molecule has 21 heavy (non-hydrogen) atoms. The van der Waals surface area contributed by atoms with Crippen molar-refractivity contribution in [2.75, 3.05) is 12.3 Å². The van der Waals surface area contributed by atoms with Crippen LogP contribution in [0.15, 0.2) is 58.0 Å². The number of hydrogen-bond donors (Lipinski definition) is 1. The van der Waals surface area contributed by atoms with Crippen molar-refractivity contribution in [3.63, 3.8) is 0 Å². The lowest BCUT2D eigenvalue weighted by molar-refractivity contribution is 0.545. The molecule has 0 saturated heterocycles. The van der Waals surface area contributed by atoms with Crippen LogP contribution in [-0.4, -0.2) is 23.3 Å². The molecule has 0 spiro atoms. The van der Waals surface area contributed by atoms with Crippen LogP contribution in [0.5, 0.6) is 0 Å². The van der Waals surface area contributed by atoms with Crippen LogP contribution >= 0.6 is 27.7 Å². The van der Waals surface area contributed by atoms with Gasteiger partial charge in [0, 0.05) is 39.5 Å². The van der Waals surface area contributed by atoms with Crippen molar-refractivity contribution >= 4 is 27.7 Å². The third-order valence-corrected chi connectivity index (χ3v) is 5.33. The second-order valence-corrected chi connectivity index (χ2v) is 6.83. The average molecular weight is 365 g/mol. The number of thioether (sulfide) groups is 1. The zero-order valence-electron chi connectivity index (χ0n) is 12.3. The van der Waals surface area contributed by atoms with Gasteiger partial charge in [0.2, 0.25) is 0 Å². The van der Waals surface area contributed by atoms with Crippen LogP contribution in [0, 0.1) is 0 Å². The van der Waals surface area contributed by atoms with Gasteiger partial charge in [0.15, 0.2) is 0 Å². The van der Waals surface area contributed by atoms with Crippen LogP contribution in [0.4, 0.5) is 0 Å². The summed E-state index contributed by atoms with van der Waals surface area (Å²) in [4.78, 5) is 5.73. The fourth-order valence-corrected chi connectivity index (χ4v) is 3.69. The number of rotatable bonds is 8. The molecule has 112 valence electrons. The lowest BCUT2D eigenvalue weighted by Crippen LogP contribution is -2.34. The fraction of sp³-hybridized carbons (Fsp3) is 0.353. The number of pyridine rings is 1. The predicted octanol–water partition coefficient (Wildman–Crippen LogP) is 4.55. The van der Waals surface area contributed by atoms with E-state index in [2.05, 4.69) is 69.6 Å². The quantitative estimate of drug-likeness (QED) is 0.695. The lowest BCUT2D eigenvalue weighted by Gasteiger charge is -2.18. The Hall–Kier alpha value is -0.840. The number of benzene rings is 1. The molecule has 0 aliphatic carbocycles. The van der Waals surface area contributed by atoms with Gasteiger partial charge in [-0.05, 0) is 53.2 Å². The summed E-state index contributed by atoms with van der Waals surface area (Å²) in [5.74, 6) is 1.04. The van der Waals surface area contributed by atoms with Crippen molar-refractivity contribution in [3.05, 3.63) is 58.8 Å². The Balaban J connectivity index is 1.94. The van der Waals surface area contributed by atoms with E-state index in [9.17, 15) is 0 Å². The third kappa shape index (κ3) is 5.81. The molecule has 1 aromatic carbocycles. The van der Waals surface area contributed by atoms with Gasteiger partial charge in [0.05, 0.1) is 0 Å². The van der Waals surface area contributed by atoms with Gasteiger partial charge in [0.1, 0.15) is 0 Å². The standard InChI is InChI=1S/C17H21BrN2S/c1-2-10-19-15(12-14-7-5-6-11-20-14)13-21-17-9-4-3-8-16(17)18/h3-9,11,15,19H,2,10,12-13H2,1H3. The first-order chi connectivity index (χ1) is 10.3. The topological polar surface area (TPSA) is 24.9 Å². The summed E-state index contributed by atoms with van der Waals surface area (Å²) in [5.41, 5.74) is 1.15. The van der Waals surface area contributed by atoms with Crippen LogP contribution < -0.4 is 5.32 Å². The fourth-order valence-electron chi connectivity index (χ4n) is 2.06. The number of nitrogens with one attached hydrogen (secondary N) is 1. The molecule has 0 aliphatic heterocycles. The van der Waals surface area contributed by atoms with E-state index < -0.39 is 0 Å². The van der Waals surface area contributed by atoms with E-state index in [1.54, 1.807) is 0 Å². The Morgan fingerprint density at radius 2 is 2.00 bits per heavy atom. The monoisotopic (exact) mass is 364 g/mol.